The fourth-order valence-electron chi connectivity index (χ4n) is 2.09. The normalized spacial score (nSPS) is 23.6. The summed E-state index contributed by atoms with van der Waals surface area (Å²) in [6.07, 6.45) is 0.113. The fraction of sp³-hybridized carbons (Fsp3) is 0.583. The maximum Gasteiger partial charge on any atom is 0.270 e. The number of likely N-dealkylation sites (tertiary alicyclic amines) is 1. The highest BCUT2D eigenvalue weighted by atomic mass is 16.5. The third-order valence-electron chi connectivity index (χ3n) is 3.13. The molecule has 2 atom stereocenters. The molecular formula is C12H18N2O4. The Morgan fingerprint density at radius 1 is 1.44 bits per heavy atom. The summed E-state index contributed by atoms with van der Waals surface area (Å²) in [5, 5.41) is 18.9. The molecule has 2 unspecified atom stereocenters. The molecule has 0 aliphatic carbocycles. The van der Waals surface area contributed by atoms with E-state index in [1.807, 2.05) is 10.8 Å². The molecule has 2 N–H and O–H groups in total. The zero-order valence-electron chi connectivity index (χ0n) is 10.3. The van der Waals surface area contributed by atoms with Gasteiger partial charge in [-0.1, -0.05) is 0 Å². The van der Waals surface area contributed by atoms with Crippen LogP contribution in [0.2, 0.25) is 0 Å². The predicted molar refractivity (Wildman–Crippen MR) is 64.2 cm³/mol. The van der Waals surface area contributed by atoms with E-state index in [1.54, 1.807) is 19.2 Å². The Bertz CT molecular complexity index is 408. The van der Waals surface area contributed by atoms with Gasteiger partial charge in [0, 0.05) is 32.9 Å². The van der Waals surface area contributed by atoms with Crippen LogP contribution in [0.4, 0.5) is 0 Å². The largest absolute Gasteiger partial charge is 0.388 e. The molecule has 1 aromatic rings. The molecule has 1 fully saturated rings. The third kappa shape index (κ3) is 2.55. The lowest BCUT2D eigenvalue weighted by Gasteiger charge is -2.16. The molecule has 2 heterocycles. The fourth-order valence-corrected chi connectivity index (χ4v) is 2.09. The monoisotopic (exact) mass is 254 g/mol. The van der Waals surface area contributed by atoms with Crippen molar-refractivity contribution in [2.24, 2.45) is 0 Å². The Kier molecular flexibility index (Phi) is 4.00. The topological polar surface area (TPSA) is 74.9 Å². The minimum atomic E-state index is -0.851. The minimum Gasteiger partial charge on any atom is -0.388 e. The number of carbonyl (C=O) groups excluding carboxylic acids is 1. The van der Waals surface area contributed by atoms with Gasteiger partial charge in [0.25, 0.3) is 5.91 Å². The molecule has 2 rings (SSSR count). The number of aromatic nitrogens is 1. The van der Waals surface area contributed by atoms with E-state index in [-0.39, 0.29) is 19.0 Å². The molecule has 1 amide bonds. The molecule has 100 valence electrons. The molecule has 6 heteroatoms. The van der Waals surface area contributed by atoms with Gasteiger partial charge >= 0.3 is 0 Å². The number of methoxy groups -OCH3 is 1. The van der Waals surface area contributed by atoms with Gasteiger partial charge in [-0.05, 0) is 12.1 Å². The molecule has 1 aliphatic heterocycles. The van der Waals surface area contributed by atoms with Gasteiger partial charge in [0.1, 0.15) is 5.69 Å². The Morgan fingerprint density at radius 2 is 2.11 bits per heavy atom. The summed E-state index contributed by atoms with van der Waals surface area (Å²) in [6.45, 7) is 1.48. The molecule has 0 spiro atoms. The minimum absolute atomic E-state index is 0.174. The van der Waals surface area contributed by atoms with Gasteiger partial charge < -0.3 is 24.4 Å². The second-order valence-electron chi connectivity index (χ2n) is 4.42. The Morgan fingerprint density at radius 3 is 2.72 bits per heavy atom. The molecule has 0 radical (unpaired) electrons. The van der Waals surface area contributed by atoms with E-state index in [0.717, 1.165) is 0 Å². The second kappa shape index (κ2) is 5.51. The van der Waals surface area contributed by atoms with Crippen LogP contribution < -0.4 is 0 Å². The van der Waals surface area contributed by atoms with Crippen LogP contribution >= 0.6 is 0 Å². The molecule has 0 saturated carbocycles. The highest BCUT2D eigenvalue weighted by Crippen LogP contribution is 2.14. The van der Waals surface area contributed by atoms with E-state index in [1.165, 1.54) is 4.90 Å². The highest BCUT2D eigenvalue weighted by Gasteiger charge is 2.33. The first-order valence-corrected chi connectivity index (χ1v) is 5.93. The Hall–Kier alpha value is -1.37. The van der Waals surface area contributed by atoms with Crippen molar-refractivity contribution in [2.75, 3.05) is 26.8 Å². The van der Waals surface area contributed by atoms with Crippen molar-refractivity contribution in [3.8, 4) is 0 Å². The third-order valence-corrected chi connectivity index (χ3v) is 3.13. The predicted octanol–water partition coefficient (Wildman–Crippen LogP) is -0.688. The lowest BCUT2D eigenvalue weighted by Crippen LogP contribution is -2.31. The average Bonchev–Trinajstić information content (AvgIpc) is 2.94. The number of nitrogens with zero attached hydrogens (tertiary/aromatic N) is 2. The van der Waals surface area contributed by atoms with Crippen LogP contribution in [0.1, 0.15) is 10.5 Å². The zero-order valence-corrected chi connectivity index (χ0v) is 10.3. The van der Waals surface area contributed by atoms with Crippen LogP contribution in [0.3, 0.4) is 0 Å². The van der Waals surface area contributed by atoms with Gasteiger partial charge in [-0.25, -0.2) is 0 Å². The van der Waals surface area contributed by atoms with Crippen molar-refractivity contribution < 1.29 is 19.7 Å². The summed E-state index contributed by atoms with van der Waals surface area (Å²) in [5.41, 5.74) is 0.549. The van der Waals surface area contributed by atoms with Gasteiger partial charge in [-0.3, -0.25) is 4.79 Å². The summed E-state index contributed by atoms with van der Waals surface area (Å²) in [7, 11) is 1.61. The van der Waals surface area contributed by atoms with Crippen molar-refractivity contribution in [2.45, 2.75) is 18.8 Å². The molecule has 18 heavy (non-hydrogen) atoms. The number of hydrogen-bond donors (Lipinski definition) is 2. The smallest absolute Gasteiger partial charge is 0.270 e. The first-order chi connectivity index (χ1) is 8.63. The van der Waals surface area contributed by atoms with E-state index < -0.39 is 12.2 Å². The first-order valence-electron chi connectivity index (χ1n) is 5.93. The Labute approximate surface area is 105 Å². The number of rotatable bonds is 4. The molecular weight excluding hydrogens is 236 g/mol. The van der Waals surface area contributed by atoms with Crippen molar-refractivity contribution in [1.29, 1.82) is 0 Å². The number of aliphatic hydroxyl groups excluding tert-OH is 2. The summed E-state index contributed by atoms with van der Waals surface area (Å²) in [4.78, 5) is 13.7. The average molecular weight is 254 g/mol. The van der Waals surface area contributed by atoms with Crippen molar-refractivity contribution in [1.82, 2.24) is 9.47 Å². The van der Waals surface area contributed by atoms with Gasteiger partial charge in [-0.15, -0.1) is 0 Å². The summed E-state index contributed by atoms with van der Waals surface area (Å²) in [5.74, 6) is -0.174. The summed E-state index contributed by atoms with van der Waals surface area (Å²) < 4.78 is 6.79. The van der Waals surface area contributed by atoms with Crippen molar-refractivity contribution >= 4 is 5.91 Å². The molecule has 0 bridgehead atoms. The molecule has 0 aromatic carbocycles. The van der Waals surface area contributed by atoms with E-state index >= 15 is 0 Å². The first kappa shape index (κ1) is 13.1. The lowest BCUT2D eigenvalue weighted by molar-refractivity contribution is 0.0572. The number of carbonyl (C=O) groups is 1. The van der Waals surface area contributed by atoms with Gasteiger partial charge in [0.2, 0.25) is 0 Å². The summed E-state index contributed by atoms with van der Waals surface area (Å²) in [6, 6.07) is 3.53. The SMILES string of the molecule is COCCn1cccc1C(=O)N1CC(O)C(O)C1. The number of amides is 1. The highest BCUT2D eigenvalue weighted by molar-refractivity contribution is 5.93. The van der Waals surface area contributed by atoms with Crippen molar-refractivity contribution in [3.05, 3.63) is 24.0 Å². The molecule has 6 nitrogen and oxygen atoms in total. The number of β-amino-alcohol motifs (C(OH)–C–C–N with tert-alkyl or cyclic N) is 2. The van der Waals surface area contributed by atoms with Crippen LogP contribution in [0.5, 0.6) is 0 Å². The standard InChI is InChI=1S/C12H18N2O4/c1-18-6-5-13-4-2-3-9(13)12(17)14-7-10(15)11(16)8-14/h2-4,10-11,15-16H,5-8H2,1H3. The quantitative estimate of drug-likeness (QED) is 0.746. The maximum atomic E-state index is 12.2. The van der Waals surface area contributed by atoms with Gasteiger partial charge in [0.05, 0.1) is 18.8 Å². The number of aliphatic hydroxyl groups is 2. The van der Waals surface area contributed by atoms with Crippen LogP contribution in [-0.4, -0.2) is 64.6 Å². The van der Waals surface area contributed by atoms with Crippen LogP contribution in [0.25, 0.3) is 0 Å². The van der Waals surface area contributed by atoms with E-state index in [0.29, 0.717) is 18.8 Å². The van der Waals surface area contributed by atoms with Crippen LogP contribution in [-0.2, 0) is 11.3 Å². The van der Waals surface area contributed by atoms with Crippen LogP contribution in [0.15, 0.2) is 18.3 Å². The number of ether oxygens (including phenoxy) is 1. The van der Waals surface area contributed by atoms with Gasteiger partial charge in [-0.2, -0.15) is 0 Å². The van der Waals surface area contributed by atoms with Crippen molar-refractivity contribution in [3.63, 3.8) is 0 Å². The van der Waals surface area contributed by atoms with E-state index in [2.05, 4.69) is 0 Å². The lowest BCUT2D eigenvalue weighted by atomic mass is 10.3. The maximum absolute atomic E-state index is 12.2. The molecule has 1 aliphatic rings. The second-order valence-corrected chi connectivity index (χ2v) is 4.42. The van der Waals surface area contributed by atoms with Gasteiger partial charge in [0.15, 0.2) is 0 Å². The molecule has 1 saturated heterocycles. The zero-order chi connectivity index (χ0) is 13.1. The Balaban J connectivity index is 2.07. The number of hydrogen-bond acceptors (Lipinski definition) is 4. The molecule has 1 aromatic heterocycles. The van der Waals surface area contributed by atoms with E-state index in [9.17, 15) is 15.0 Å². The van der Waals surface area contributed by atoms with E-state index in [4.69, 9.17) is 4.74 Å². The van der Waals surface area contributed by atoms with Crippen LogP contribution in [0, 0.1) is 0 Å². The summed E-state index contributed by atoms with van der Waals surface area (Å²) >= 11 is 0.